The number of Topliss-reactive ketones (excluding diaryl/α,β-unsaturated/α-hetero) is 1. The zero-order valence-corrected chi connectivity index (χ0v) is 30.0. The van der Waals surface area contributed by atoms with Crippen molar-refractivity contribution in [1.82, 2.24) is 0 Å². The smallest absolute Gasteiger partial charge is 0.333 e. The summed E-state index contributed by atoms with van der Waals surface area (Å²) in [7, 11) is 0. The average molecular weight is 637 g/mol. The summed E-state index contributed by atoms with van der Waals surface area (Å²) in [5.41, 5.74) is 15.7. The van der Waals surface area contributed by atoms with Crippen LogP contribution in [0.15, 0.2) is 4.99 Å². The number of nitrogens with two attached hydrogens (primary N) is 3. The van der Waals surface area contributed by atoms with E-state index in [1.165, 1.54) is 135 Å². The minimum Gasteiger partial charge on any atom is -0.464 e. The molecule has 0 aliphatic heterocycles. The van der Waals surface area contributed by atoms with Crippen LogP contribution in [0.1, 0.15) is 206 Å². The highest BCUT2D eigenvalue weighted by Gasteiger charge is 2.42. The molecular weight excluding hydrogens is 560 g/mol. The third-order valence-corrected chi connectivity index (χ3v) is 9.12. The van der Waals surface area contributed by atoms with Gasteiger partial charge in [0.05, 0.1) is 6.61 Å². The van der Waals surface area contributed by atoms with E-state index in [0.717, 1.165) is 38.5 Å². The second-order valence-electron chi connectivity index (χ2n) is 13.5. The molecule has 0 aliphatic rings. The number of aliphatic imine (C=N–C) groups is 1. The van der Waals surface area contributed by atoms with Gasteiger partial charge in [0.25, 0.3) is 0 Å². The third-order valence-electron chi connectivity index (χ3n) is 9.12. The van der Waals surface area contributed by atoms with Crippen LogP contribution in [0.3, 0.4) is 0 Å². The number of rotatable bonds is 35. The first kappa shape index (κ1) is 43.4. The highest BCUT2D eigenvalue weighted by Crippen LogP contribution is 2.20. The van der Waals surface area contributed by atoms with Gasteiger partial charge in [-0.25, -0.2) is 4.79 Å². The van der Waals surface area contributed by atoms with Crippen LogP contribution < -0.4 is 17.2 Å². The molecule has 0 aromatic rings. The highest BCUT2D eigenvalue weighted by atomic mass is 16.5. The molecule has 0 amide bonds. The quantitative estimate of drug-likeness (QED) is 0.0208. The molecule has 0 fully saturated rings. The molecule has 0 spiro atoms. The van der Waals surface area contributed by atoms with Gasteiger partial charge in [-0.3, -0.25) is 9.79 Å². The van der Waals surface area contributed by atoms with E-state index >= 15 is 0 Å². The van der Waals surface area contributed by atoms with Crippen molar-refractivity contribution in [1.29, 1.82) is 0 Å². The van der Waals surface area contributed by atoms with Crippen LogP contribution in [-0.4, -0.2) is 36.4 Å². The maximum absolute atomic E-state index is 13.2. The van der Waals surface area contributed by atoms with Crippen molar-refractivity contribution in [2.75, 3.05) is 13.2 Å². The van der Waals surface area contributed by atoms with Crippen molar-refractivity contribution in [3.63, 3.8) is 0 Å². The average Bonchev–Trinajstić information content (AvgIpc) is 3.02. The first-order valence-electron chi connectivity index (χ1n) is 19.4. The van der Waals surface area contributed by atoms with Crippen LogP contribution in [-0.2, 0) is 14.3 Å². The number of ether oxygens (including phenoxy) is 1. The first-order valence-corrected chi connectivity index (χ1v) is 19.4. The summed E-state index contributed by atoms with van der Waals surface area (Å²) >= 11 is 0. The number of ketones is 1. The lowest BCUT2D eigenvalue weighted by Gasteiger charge is -2.26. The van der Waals surface area contributed by atoms with Crippen molar-refractivity contribution in [3.05, 3.63) is 0 Å². The standard InChI is InChI=1S/C38H76N4O3/c1-3-5-7-9-11-13-15-17-19-21-23-25-27-29-34-45-36(44)38(41,32-30-33-42-37(39)40)35(43)31-28-26-24-22-20-18-16-14-12-10-8-6-4-2/h3-34,41H2,1-2H3,(H4,39,40,42). The summed E-state index contributed by atoms with van der Waals surface area (Å²) in [5, 5.41) is 0. The molecular formula is C38H76N4O3. The number of esters is 1. The van der Waals surface area contributed by atoms with E-state index in [0.29, 0.717) is 26.0 Å². The van der Waals surface area contributed by atoms with Gasteiger partial charge >= 0.3 is 5.97 Å². The fourth-order valence-electron chi connectivity index (χ4n) is 6.04. The molecule has 0 aliphatic carbocycles. The fraction of sp³-hybridized carbons (Fsp3) is 0.921. The van der Waals surface area contributed by atoms with E-state index in [9.17, 15) is 9.59 Å². The molecule has 0 rings (SSSR count). The molecule has 45 heavy (non-hydrogen) atoms. The number of hydrogen-bond donors (Lipinski definition) is 3. The van der Waals surface area contributed by atoms with Gasteiger partial charge < -0.3 is 21.9 Å². The number of unbranched alkanes of at least 4 members (excludes halogenated alkanes) is 25. The molecule has 1 unspecified atom stereocenters. The van der Waals surface area contributed by atoms with Crippen molar-refractivity contribution in [2.24, 2.45) is 22.2 Å². The molecule has 1 atom stereocenters. The molecule has 7 heteroatoms. The molecule has 0 aromatic heterocycles. The molecule has 0 saturated carbocycles. The molecule has 7 nitrogen and oxygen atoms in total. The van der Waals surface area contributed by atoms with Crippen LogP contribution in [0.4, 0.5) is 0 Å². The van der Waals surface area contributed by atoms with Gasteiger partial charge in [-0.2, -0.15) is 0 Å². The van der Waals surface area contributed by atoms with Crippen LogP contribution >= 0.6 is 0 Å². The van der Waals surface area contributed by atoms with Crippen molar-refractivity contribution < 1.29 is 14.3 Å². The van der Waals surface area contributed by atoms with E-state index in [2.05, 4.69) is 18.8 Å². The lowest BCUT2D eigenvalue weighted by Crippen LogP contribution is -2.56. The second-order valence-corrected chi connectivity index (χ2v) is 13.5. The summed E-state index contributed by atoms with van der Waals surface area (Å²) in [4.78, 5) is 30.2. The summed E-state index contributed by atoms with van der Waals surface area (Å²) in [6, 6.07) is 0. The fourth-order valence-corrected chi connectivity index (χ4v) is 6.04. The molecule has 0 heterocycles. The number of guanidine groups is 1. The van der Waals surface area contributed by atoms with Gasteiger partial charge in [-0.05, 0) is 25.7 Å². The van der Waals surface area contributed by atoms with Gasteiger partial charge in [0.2, 0.25) is 0 Å². The molecule has 0 aromatic carbocycles. The Kier molecular flexibility index (Phi) is 31.1. The van der Waals surface area contributed by atoms with Gasteiger partial charge in [0.15, 0.2) is 17.3 Å². The minimum absolute atomic E-state index is 0.00342. The Morgan fingerprint density at radius 1 is 0.533 bits per heavy atom. The van der Waals surface area contributed by atoms with E-state index in [1.807, 2.05) is 0 Å². The lowest BCUT2D eigenvalue weighted by molar-refractivity contribution is -0.154. The van der Waals surface area contributed by atoms with Crippen molar-refractivity contribution in [3.8, 4) is 0 Å². The van der Waals surface area contributed by atoms with Crippen LogP contribution in [0.2, 0.25) is 0 Å². The Morgan fingerprint density at radius 2 is 0.889 bits per heavy atom. The van der Waals surface area contributed by atoms with Gasteiger partial charge in [-0.1, -0.05) is 174 Å². The summed E-state index contributed by atoms with van der Waals surface area (Å²) in [6.45, 7) is 5.17. The summed E-state index contributed by atoms with van der Waals surface area (Å²) in [6.07, 6.45) is 34.9. The SMILES string of the molecule is CCCCCCCCCCCCCCCCOC(=O)C(N)(CCCN=C(N)N)C(=O)CCCCCCCCCCCCCCC. The monoisotopic (exact) mass is 637 g/mol. The number of nitrogens with zero attached hydrogens (tertiary/aromatic N) is 1. The van der Waals surface area contributed by atoms with Crippen molar-refractivity contribution >= 4 is 17.7 Å². The summed E-state index contributed by atoms with van der Waals surface area (Å²) < 4.78 is 5.56. The molecule has 266 valence electrons. The Balaban J connectivity index is 4.18. The lowest BCUT2D eigenvalue weighted by atomic mass is 9.86. The molecule has 0 radical (unpaired) electrons. The molecule has 0 saturated heterocycles. The van der Waals surface area contributed by atoms with Crippen LogP contribution in [0.25, 0.3) is 0 Å². The maximum Gasteiger partial charge on any atom is 0.333 e. The van der Waals surface area contributed by atoms with Crippen LogP contribution in [0.5, 0.6) is 0 Å². The Hall–Kier alpha value is -1.63. The Morgan fingerprint density at radius 3 is 1.27 bits per heavy atom. The largest absolute Gasteiger partial charge is 0.464 e. The van der Waals surface area contributed by atoms with E-state index in [-0.39, 0.29) is 18.2 Å². The molecule has 0 bridgehead atoms. The highest BCUT2D eigenvalue weighted by molar-refractivity contribution is 6.08. The van der Waals surface area contributed by atoms with Gasteiger partial charge in [0, 0.05) is 13.0 Å². The van der Waals surface area contributed by atoms with Gasteiger partial charge in [-0.15, -0.1) is 0 Å². The number of carbonyl (C=O) groups is 2. The summed E-state index contributed by atoms with van der Waals surface area (Å²) in [5.74, 6) is -0.820. The van der Waals surface area contributed by atoms with Crippen LogP contribution in [0, 0.1) is 0 Å². The second kappa shape index (κ2) is 32.3. The van der Waals surface area contributed by atoms with E-state index < -0.39 is 11.5 Å². The van der Waals surface area contributed by atoms with E-state index in [1.54, 1.807) is 0 Å². The topological polar surface area (TPSA) is 134 Å². The Bertz CT molecular complexity index is 711. The number of hydrogen-bond acceptors (Lipinski definition) is 5. The zero-order chi connectivity index (χ0) is 33.3. The number of carbonyl (C=O) groups excluding carboxylic acids is 2. The zero-order valence-electron chi connectivity index (χ0n) is 30.0. The molecule has 6 N–H and O–H groups in total. The van der Waals surface area contributed by atoms with E-state index in [4.69, 9.17) is 21.9 Å². The van der Waals surface area contributed by atoms with Crippen molar-refractivity contribution in [2.45, 2.75) is 212 Å². The Labute approximate surface area is 279 Å². The predicted octanol–water partition coefficient (Wildman–Crippen LogP) is 9.81. The third kappa shape index (κ3) is 27.2. The normalized spacial score (nSPS) is 12.6. The minimum atomic E-state index is -1.62. The van der Waals surface area contributed by atoms with Gasteiger partial charge in [0.1, 0.15) is 0 Å². The first-order chi connectivity index (χ1) is 21.9. The maximum atomic E-state index is 13.2. The predicted molar refractivity (Wildman–Crippen MR) is 193 cm³/mol.